The summed E-state index contributed by atoms with van der Waals surface area (Å²) in [5, 5.41) is 0. The Balaban J connectivity index is 1.61. The predicted molar refractivity (Wildman–Crippen MR) is 71.5 cm³/mol. The summed E-state index contributed by atoms with van der Waals surface area (Å²) in [6.45, 7) is 2.21. The monoisotopic (exact) mass is 264 g/mol. The van der Waals surface area contributed by atoms with Crippen molar-refractivity contribution in [1.82, 2.24) is 0 Å². The first-order valence-electron chi connectivity index (χ1n) is 7.80. The van der Waals surface area contributed by atoms with Gasteiger partial charge in [-0.1, -0.05) is 0 Å². The lowest BCUT2D eigenvalue weighted by molar-refractivity contribution is -0.149. The van der Waals surface area contributed by atoms with E-state index in [9.17, 15) is 9.59 Å². The largest absolute Gasteiger partial charge is 0.466 e. The van der Waals surface area contributed by atoms with E-state index in [0.717, 1.165) is 37.0 Å². The average Bonchev–Trinajstić information content (AvgIpc) is 2.34. The van der Waals surface area contributed by atoms with E-state index >= 15 is 0 Å². The number of carbonyl (C=O) groups excluding carboxylic acids is 2. The van der Waals surface area contributed by atoms with Crippen LogP contribution in [0.25, 0.3) is 0 Å². The van der Waals surface area contributed by atoms with Gasteiger partial charge in [0.05, 0.1) is 13.0 Å². The first kappa shape index (κ1) is 13.1. The lowest BCUT2D eigenvalue weighted by Gasteiger charge is -2.56. The molecule has 0 N–H and O–H groups in total. The maximum absolute atomic E-state index is 12.6. The Labute approximate surface area is 115 Å². The van der Waals surface area contributed by atoms with Gasteiger partial charge in [-0.2, -0.15) is 0 Å². The summed E-state index contributed by atoms with van der Waals surface area (Å²) in [5.74, 6) is 2.49. The van der Waals surface area contributed by atoms with Gasteiger partial charge >= 0.3 is 5.97 Å². The van der Waals surface area contributed by atoms with Crippen molar-refractivity contribution >= 4 is 11.8 Å². The van der Waals surface area contributed by atoms with Crippen LogP contribution in [0.15, 0.2) is 0 Å². The molecule has 0 atom stereocenters. The molecule has 4 aliphatic rings. The Bertz CT molecular complexity index is 350. The van der Waals surface area contributed by atoms with Crippen LogP contribution in [-0.2, 0) is 14.3 Å². The van der Waals surface area contributed by atoms with Crippen LogP contribution in [0.2, 0.25) is 0 Å². The molecule has 106 valence electrons. The zero-order valence-corrected chi connectivity index (χ0v) is 11.8. The molecule has 0 aromatic carbocycles. The SMILES string of the molecule is CCOC(=O)CCC(=O)C12CC3CC(CC(C3)C1)C2. The van der Waals surface area contributed by atoms with Gasteiger partial charge in [-0.05, 0) is 63.2 Å². The molecule has 4 rings (SSSR count). The molecule has 4 bridgehead atoms. The van der Waals surface area contributed by atoms with Gasteiger partial charge in [0.25, 0.3) is 0 Å². The van der Waals surface area contributed by atoms with Gasteiger partial charge < -0.3 is 4.74 Å². The molecule has 0 heterocycles. The van der Waals surface area contributed by atoms with Gasteiger partial charge in [0, 0.05) is 11.8 Å². The van der Waals surface area contributed by atoms with Crippen LogP contribution in [0, 0.1) is 23.2 Å². The predicted octanol–water partition coefficient (Wildman–Crippen LogP) is 3.12. The number of Topliss-reactive ketones (excluding diaryl/α,β-unsaturated/α-hetero) is 1. The highest BCUT2D eigenvalue weighted by atomic mass is 16.5. The number of esters is 1. The van der Waals surface area contributed by atoms with Crippen molar-refractivity contribution < 1.29 is 14.3 Å². The maximum atomic E-state index is 12.6. The number of carbonyl (C=O) groups is 2. The summed E-state index contributed by atoms with van der Waals surface area (Å²) in [5.41, 5.74) is -0.0543. The summed E-state index contributed by atoms with van der Waals surface area (Å²) < 4.78 is 4.92. The minimum absolute atomic E-state index is 0.0543. The second kappa shape index (κ2) is 4.92. The summed E-state index contributed by atoms with van der Waals surface area (Å²) in [4.78, 5) is 24.0. The fourth-order valence-corrected chi connectivity index (χ4v) is 5.17. The first-order valence-corrected chi connectivity index (χ1v) is 7.80. The van der Waals surface area contributed by atoms with Crippen LogP contribution in [0.1, 0.15) is 58.3 Å². The third kappa shape index (κ3) is 2.44. The lowest BCUT2D eigenvalue weighted by Crippen LogP contribution is -2.50. The van der Waals surface area contributed by atoms with Crippen molar-refractivity contribution in [3.8, 4) is 0 Å². The Kier molecular flexibility index (Phi) is 3.40. The van der Waals surface area contributed by atoms with Gasteiger partial charge in [-0.15, -0.1) is 0 Å². The summed E-state index contributed by atoms with van der Waals surface area (Å²) in [6, 6.07) is 0. The molecule has 4 saturated carbocycles. The Morgan fingerprint density at radius 3 is 2.00 bits per heavy atom. The van der Waals surface area contributed by atoms with Gasteiger partial charge in [-0.3, -0.25) is 9.59 Å². The number of hydrogen-bond acceptors (Lipinski definition) is 3. The van der Waals surface area contributed by atoms with Crippen LogP contribution in [0.3, 0.4) is 0 Å². The van der Waals surface area contributed by atoms with Gasteiger partial charge in [-0.25, -0.2) is 0 Å². The smallest absolute Gasteiger partial charge is 0.306 e. The fraction of sp³-hybridized carbons (Fsp3) is 0.875. The van der Waals surface area contributed by atoms with Crippen molar-refractivity contribution in [1.29, 1.82) is 0 Å². The second-order valence-electron chi connectivity index (χ2n) is 6.93. The molecule has 0 unspecified atom stereocenters. The fourth-order valence-electron chi connectivity index (χ4n) is 5.17. The van der Waals surface area contributed by atoms with Gasteiger partial charge in [0.15, 0.2) is 0 Å². The Hall–Kier alpha value is -0.860. The number of hydrogen-bond donors (Lipinski definition) is 0. The van der Waals surface area contributed by atoms with Gasteiger partial charge in [0.2, 0.25) is 0 Å². The standard InChI is InChI=1S/C16H24O3/c1-2-19-15(18)4-3-14(17)16-8-11-5-12(9-16)7-13(6-11)10-16/h11-13H,2-10H2,1H3. The number of ketones is 1. The molecule has 0 aromatic heterocycles. The van der Waals surface area contributed by atoms with Crippen molar-refractivity contribution in [3.63, 3.8) is 0 Å². The minimum atomic E-state index is -0.222. The maximum Gasteiger partial charge on any atom is 0.306 e. The minimum Gasteiger partial charge on any atom is -0.466 e. The average molecular weight is 264 g/mol. The molecule has 0 aliphatic heterocycles. The molecule has 0 amide bonds. The zero-order chi connectivity index (χ0) is 13.5. The van der Waals surface area contributed by atoms with E-state index < -0.39 is 0 Å². The van der Waals surface area contributed by atoms with E-state index in [1.54, 1.807) is 6.92 Å². The second-order valence-corrected chi connectivity index (χ2v) is 6.93. The summed E-state index contributed by atoms with van der Waals surface area (Å²) >= 11 is 0. The van der Waals surface area contributed by atoms with E-state index in [-0.39, 0.29) is 17.8 Å². The van der Waals surface area contributed by atoms with Crippen molar-refractivity contribution in [2.24, 2.45) is 23.2 Å². The lowest BCUT2D eigenvalue weighted by atomic mass is 9.48. The van der Waals surface area contributed by atoms with Crippen molar-refractivity contribution in [2.45, 2.75) is 58.3 Å². The van der Waals surface area contributed by atoms with E-state index in [4.69, 9.17) is 4.74 Å². The molecule has 4 aliphatic carbocycles. The highest BCUT2D eigenvalue weighted by Crippen LogP contribution is 2.60. The van der Waals surface area contributed by atoms with Crippen LogP contribution < -0.4 is 0 Å². The summed E-state index contributed by atoms with van der Waals surface area (Å²) in [6.07, 6.45) is 8.01. The first-order chi connectivity index (χ1) is 9.11. The van der Waals surface area contributed by atoms with E-state index in [1.807, 2.05) is 0 Å². The van der Waals surface area contributed by atoms with E-state index in [1.165, 1.54) is 19.3 Å². The number of rotatable bonds is 5. The molecule has 3 nitrogen and oxygen atoms in total. The molecular weight excluding hydrogens is 240 g/mol. The third-order valence-corrected chi connectivity index (χ3v) is 5.49. The molecule has 19 heavy (non-hydrogen) atoms. The van der Waals surface area contributed by atoms with Gasteiger partial charge in [0.1, 0.15) is 5.78 Å². The van der Waals surface area contributed by atoms with Crippen molar-refractivity contribution in [2.75, 3.05) is 6.61 Å². The number of ether oxygens (including phenoxy) is 1. The molecule has 0 radical (unpaired) electrons. The normalized spacial score (nSPS) is 39.3. The van der Waals surface area contributed by atoms with Crippen LogP contribution in [0.4, 0.5) is 0 Å². The van der Waals surface area contributed by atoms with E-state index in [2.05, 4.69) is 0 Å². The highest BCUT2D eigenvalue weighted by molar-refractivity contribution is 5.88. The quantitative estimate of drug-likeness (QED) is 0.717. The van der Waals surface area contributed by atoms with Crippen LogP contribution >= 0.6 is 0 Å². The third-order valence-electron chi connectivity index (χ3n) is 5.49. The molecule has 0 aromatic rings. The van der Waals surface area contributed by atoms with Crippen LogP contribution in [-0.4, -0.2) is 18.4 Å². The topological polar surface area (TPSA) is 43.4 Å². The molecule has 0 saturated heterocycles. The highest BCUT2D eigenvalue weighted by Gasteiger charge is 2.53. The van der Waals surface area contributed by atoms with E-state index in [0.29, 0.717) is 18.8 Å². The summed E-state index contributed by atoms with van der Waals surface area (Å²) in [7, 11) is 0. The van der Waals surface area contributed by atoms with Crippen LogP contribution in [0.5, 0.6) is 0 Å². The molecular formula is C16H24O3. The molecule has 4 fully saturated rings. The Morgan fingerprint density at radius 1 is 1.00 bits per heavy atom. The zero-order valence-electron chi connectivity index (χ0n) is 11.8. The Morgan fingerprint density at radius 2 is 1.53 bits per heavy atom. The van der Waals surface area contributed by atoms with Crippen molar-refractivity contribution in [3.05, 3.63) is 0 Å². The molecule has 3 heteroatoms. The molecule has 0 spiro atoms.